The van der Waals surface area contributed by atoms with Crippen molar-refractivity contribution in [3.05, 3.63) is 24.0 Å². The lowest BCUT2D eigenvalue weighted by molar-refractivity contribution is 0.403. The second-order valence-electron chi connectivity index (χ2n) is 3.28. The van der Waals surface area contributed by atoms with E-state index < -0.39 is 0 Å². The van der Waals surface area contributed by atoms with E-state index in [1.54, 1.807) is 7.11 Å². The van der Waals surface area contributed by atoms with Crippen molar-refractivity contribution in [2.45, 2.75) is 12.3 Å². The number of hydrogen-bond acceptors (Lipinski definition) is 3. The molecule has 1 aromatic rings. The molecule has 0 aliphatic carbocycles. The number of nitrogens with one attached hydrogen (secondary N) is 1. The Morgan fingerprint density at radius 3 is 3.23 bits per heavy atom. The molecule has 1 aromatic heterocycles. The predicted octanol–water partition coefficient (Wildman–Crippen LogP) is 1.17. The van der Waals surface area contributed by atoms with Crippen molar-refractivity contribution in [1.29, 1.82) is 0 Å². The van der Waals surface area contributed by atoms with Crippen molar-refractivity contribution < 1.29 is 4.74 Å². The van der Waals surface area contributed by atoms with Crippen molar-refractivity contribution in [1.82, 2.24) is 10.3 Å². The zero-order chi connectivity index (χ0) is 9.10. The predicted molar refractivity (Wildman–Crippen MR) is 51.0 cm³/mol. The maximum atomic E-state index is 5.27. The van der Waals surface area contributed by atoms with Crippen LogP contribution in [0.15, 0.2) is 18.3 Å². The smallest absolute Gasteiger partial charge is 0.140 e. The molecule has 13 heavy (non-hydrogen) atoms. The zero-order valence-corrected chi connectivity index (χ0v) is 7.79. The van der Waals surface area contributed by atoms with E-state index in [1.807, 2.05) is 18.3 Å². The fourth-order valence-corrected chi connectivity index (χ4v) is 1.77. The fourth-order valence-electron chi connectivity index (χ4n) is 1.77. The molecular formula is C10H14N2O. The van der Waals surface area contributed by atoms with Gasteiger partial charge in [-0.3, -0.25) is 4.98 Å². The maximum Gasteiger partial charge on any atom is 0.140 e. The van der Waals surface area contributed by atoms with Crippen LogP contribution in [-0.2, 0) is 0 Å². The van der Waals surface area contributed by atoms with Crippen LogP contribution in [0.1, 0.15) is 18.0 Å². The number of pyridine rings is 1. The Morgan fingerprint density at radius 2 is 2.54 bits per heavy atom. The first-order valence-electron chi connectivity index (χ1n) is 4.61. The molecule has 0 amide bonds. The van der Waals surface area contributed by atoms with Gasteiger partial charge in [0, 0.05) is 18.7 Å². The molecule has 0 aromatic carbocycles. The number of hydrogen-bond donors (Lipinski definition) is 1. The summed E-state index contributed by atoms with van der Waals surface area (Å²) in [6.07, 6.45) is 2.99. The Balaban J connectivity index is 2.26. The van der Waals surface area contributed by atoms with Gasteiger partial charge in [-0.25, -0.2) is 0 Å². The Bertz CT molecular complexity index is 282. The zero-order valence-electron chi connectivity index (χ0n) is 7.79. The van der Waals surface area contributed by atoms with Crippen LogP contribution in [0, 0.1) is 0 Å². The normalized spacial score (nSPS) is 21.8. The molecule has 2 rings (SSSR count). The molecule has 0 unspecified atom stereocenters. The van der Waals surface area contributed by atoms with Crippen molar-refractivity contribution in [2.24, 2.45) is 0 Å². The van der Waals surface area contributed by atoms with Crippen molar-refractivity contribution in [3.8, 4) is 5.75 Å². The van der Waals surface area contributed by atoms with Gasteiger partial charge >= 0.3 is 0 Å². The van der Waals surface area contributed by atoms with Crippen molar-refractivity contribution >= 4 is 0 Å². The third-order valence-electron chi connectivity index (χ3n) is 2.47. The van der Waals surface area contributed by atoms with E-state index in [-0.39, 0.29) is 0 Å². The molecule has 0 bridgehead atoms. The molecule has 1 N–H and O–H groups in total. The molecule has 1 aliphatic rings. The highest BCUT2D eigenvalue weighted by Gasteiger charge is 2.20. The molecule has 0 spiro atoms. The molecule has 1 aliphatic heterocycles. The topological polar surface area (TPSA) is 34.1 Å². The monoisotopic (exact) mass is 178 g/mol. The summed E-state index contributed by atoms with van der Waals surface area (Å²) in [4.78, 5) is 4.37. The Morgan fingerprint density at radius 1 is 1.62 bits per heavy atom. The Hall–Kier alpha value is -1.09. The van der Waals surface area contributed by atoms with Gasteiger partial charge in [-0.2, -0.15) is 0 Å². The van der Waals surface area contributed by atoms with Crippen LogP contribution in [0.25, 0.3) is 0 Å². The van der Waals surface area contributed by atoms with Crippen LogP contribution in [0.3, 0.4) is 0 Å². The summed E-state index contributed by atoms with van der Waals surface area (Å²) in [6.45, 7) is 2.11. The number of nitrogens with zero attached hydrogens (tertiary/aromatic N) is 1. The number of rotatable bonds is 2. The van der Waals surface area contributed by atoms with Crippen LogP contribution in [0.5, 0.6) is 5.75 Å². The van der Waals surface area contributed by atoms with Gasteiger partial charge in [0.15, 0.2) is 0 Å². The first-order valence-corrected chi connectivity index (χ1v) is 4.61. The number of methoxy groups -OCH3 is 1. The maximum absolute atomic E-state index is 5.27. The Labute approximate surface area is 78.1 Å². The molecule has 1 fully saturated rings. The lowest BCUT2D eigenvalue weighted by Crippen LogP contribution is -2.09. The molecule has 3 heteroatoms. The van der Waals surface area contributed by atoms with E-state index in [1.165, 1.54) is 0 Å². The third kappa shape index (κ3) is 1.65. The van der Waals surface area contributed by atoms with Gasteiger partial charge in [-0.15, -0.1) is 0 Å². The van der Waals surface area contributed by atoms with E-state index in [4.69, 9.17) is 4.74 Å². The fraction of sp³-hybridized carbons (Fsp3) is 0.500. The highest BCUT2D eigenvalue weighted by atomic mass is 16.5. The molecule has 1 saturated heterocycles. The van der Waals surface area contributed by atoms with Gasteiger partial charge < -0.3 is 10.1 Å². The Kier molecular flexibility index (Phi) is 2.45. The van der Waals surface area contributed by atoms with Crippen LogP contribution in [0.2, 0.25) is 0 Å². The summed E-state index contributed by atoms with van der Waals surface area (Å²) in [5.41, 5.74) is 1.09. The third-order valence-corrected chi connectivity index (χ3v) is 2.47. The summed E-state index contributed by atoms with van der Waals surface area (Å²) in [7, 11) is 1.70. The van der Waals surface area contributed by atoms with Crippen LogP contribution in [0.4, 0.5) is 0 Å². The molecule has 0 radical (unpaired) electrons. The summed E-state index contributed by atoms with van der Waals surface area (Å²) in [5.74, 6) is 1.44. The molecule has 70 valence electrons. The average Bonchev–Trinajstić information content (AvgIpc) is 2.70. The van der Waals surface area contributed by atoms with Crippen LogP contribution < -0.4 is 10.1 Å². The van der Waals surface area contributed by atoms with Gasteiger partial charge in [0.1, 0.15) is 5.75 Å². The lowest BCUT2D eigenvalue weighted by Gasteiger charge is -2.11. The van der Waals surface area contributed by atoms with E-state index >= 15 is 0 Å². The van der Waals surface area contributed by atoms with E-state index in [9.17, 15) is 0 Å². The highest BCUT2D eigenvalue weighted by Crippen LogP contribution is 2.27. The number of aromatic nitrogens is 1. The average molecular weight is 178 g/mol. The standard InChI is InChI=1S/C10H14N2O/c1-13-9-3-2-5-12-10(9)8-4-6-11-7-8/h2-3,5,8,11H,4,6-7H2,1H3/t8-/m1/s1. The summed E-state index contributed by atoms with van der Waals surface area (Å²) in [5, 5.41) is 3.33. The molecule has 2 heterocycles. The first-order chi connectivity index (χ1) is 6.42. The van der Waals surface area contributed by atoms with E-state index in [0.29, 0.717) is 5.92 Å². The second kappa shape index (κ2) is 3.75. The van der Waals surface area contributed by atoms with Gasteiger partial charge in [-0.1, -0.05) is 0 Å². The van der Waals surface area contributed by atoms with Crippen molar-refractivity contribution in [3.63, 3.8) is 0 Å². The molecule has 0 saturated carbocycles. The molecule has 3 nitrogen and oxygen atoms in total. The summed E-state index contributed by atoms with van der Waals surface area (Å²) < 4.78 is 5.27. The van der Waals surface area contributed by atoms with Gasteiger partial charge in [-0.05, 0) is 25.1 Å². The summed E-state index contributed by atoms with van der Waals surface area (Å²) in [6, 6.07) is 3.88. The highest BCUT2D eigenvalue weighted by molar-refractivity contribution is 5.30. The number of ether oxygens (including phenoxy) is 1. The summed E-state index contributed by atoms with van der Waals surface area (Å²) >= 11 is 0. The first kappa shape index (κ1) is 8.51. The lowest BCUT2D eigenvalue weighted by atomic mass is 10.0. The van der Waals surface area contributed by atoms with Crippen LogP contribution >= 0.6 is 0 Å². The largest absolute Gasteiger partial charge is 0.495 e. The van der Waals surface area contributed by atoms with Gasteiger partial charge in [0.25, 0.3) is 0 Å². The molecular weight excluding hydrogens is 164 g/mol. The van der Waals surface area contributed by atoms with Gasteiger partial charge in [0.05, 0.1) is 12.8 Å². The SMILES string of the molecule is COc1cccnc1[C@@H]1CCNC1. The van der Waals surface area contributed by atoms with E-state index in [0.717, 1.165) is 31.0 Å². The minimum atomic E-state index is 0.524. The van der Waals surface area contributed by atoms with Crippen LogP contribution in [-0.4, -0.2) is 25.2 Å². The van der Waals surface area contributed by atoms with Gasteiger partial charge in [0.2, 0.25) is 0 Å². The quantitative estimate of drug-likeness (QED) is 0.738. The minimum absolute atomic E-state index is 0.524. The minimum Gasteiger partial charge on any atom is -0.495 e. The van der Waals surface area contributed by atoms with Crippen molar-refractivity contribution in [2.75, 3.05) is 20.2 Å². The second-order valence-corrected chi connectivity index (χ2v) is 3.28. The molecule has 1 atom stereocenters. The van der Waals surface area contributed by atoms with E-state index in [2.05, 4.69) is 10.3 Å².